The van der Waals surface area contributed by atoms with Gasteiger partial charge in [-0.3, -0.25) is 0 Å². The number of rotatable bonds is 2. The van der Waals surface area contributed by atoms with Gasteiger partial charge in [-0.15, -0.1) is 11.3 Å². The Morgan fingerprint density at radius 2 is 2.07 bits per heavy atom. The normalized spacial score (nSPS) is 21.0. The molecule has 1 saturated carbocycles. The average molecular weight is 274 g/mol. The van der Waals surface area contributed by atoms with Crippen LogP contribution in [-0.4, -0.2) is 0 Å². The molecule has 1 fully saturated rings. The Bertz CT molecular complexity index is 291. The van der Waals surface area contributed by atoms with Crippen LogP contribution in [0.5, 0.6) is 0 Å². The third-order valence-electron chi connectivity index (χ3n) is 3.11. The highest BCUT2D eigenvalue weighted by Crippen LogP contribution is 2.37. The topological polar surface area (TPSA) is 26.0 Å². The lowest BCUT2D eigenvalue weighted by Gasteiger charge is -2.27. The van der Waals surface area contributed by atoms with E-state index in [1.807, 2.05) is 0 Å². The maximum absolute atomic E-state index is 6.30. The first-order valence-corrected chi connectivity index (χ1v) is 6.95. The second kappa shape index (κ2) is 4.77. The Balaban J connectivity index is 2.07. The summed E-state index contributed by atoms with van der Waals surface area (Å²) in [6.07, 6.45) is 6.74. The second-order valence-corrected chi connectivity index (χ2v) is 5.86. The lowest BCUT2D eigenvalue weighted by atomic mass is 9.84. The summed E-state index contributed by atoms with van der Waals surface area (Å²) < 4.78 is 1.19. The molecule has 14 heavy (non-hydrogen) atoms. The highest BCUT2D eigenvalue weighted by Gasteiger charge is 2.23. The maximum atomic E-state index is 6.30. The molecule has 1 aromatic heterocycles. The molecule has 78 valence electrons. The van der Waals surface area contributed by atoms with Gasteiger partial charge in [-0.25, -0.2) is 0 Å². The highest BCUT2D eigenvalue weighted by molar-refractivity contribution is 9.10. The first-order chi connectivity index (χ1) is 6.79. The van der Waals surface area contributed by atoms with Crippen LogP contribution in [0.15, 0.2) is 15.9 Å². The molecule has 0 unspecified atom stereocenters. The quantitative estimate of drug-likeness (QED) is 0.863. The van der Waals surface area contributed by atoms with Crippen LogP contribution in [0.2, 0.25) is 0 Å². The minimum atomic E-state index is 0.254. The van der Waals surface area contributed by atoms with E-state index in [1.54, 1.807) is 11.3 Å². The van der Waals surface area contributed by atoms with E-state index < -0.39 is 0 Å². The van der Waals surface area contributed by atoms with E-state index in [9.17, 15) is 0 Å². The van der Waals surface area contributed by atoms with Gasteiger partial charge in [0.05, 0.1) is 0 Å². The fourth-order valence-corrected chi connectivity index (χ4v) is 3.98. The van der Waals surface area contributed by atoms with E-state index in [-0.39, 0.29) is 6.04 Å². The van der Waals surface area contributed by atoms with Crippen molar-refractivity contribution in [1.29, 1.82) is 0 Å². The standard InChI is InChI=1S/C11H16BrNS/c12-9-6-7-14-11(9)10(13)8-4-2-1-3-5-8/h6-8,10H,1-5,13H2/t10-/m0/s1. The number of nitrogens with two attached hydrogens (primary N) is 1. The Kier molecular flexibility index (Phi) is 3.63. The monoisotopic (exact) mass is 273 g/mol. The molecular formula is C11H16BrNS. The molecule has 0 bridgehead atoms. The molecule has 1 aliphatic rings. The van der Waals surface area contributed by atoms with E-state index in [2.05, 4.69) is 27.4 Å². The summed E-state index contributed by atoms with van der Waals surface area (Å²) >= 11 is 5.34. The lowest BCUT2D eigenvalue weighted by molar-refractivity contribution is 0.310. The fourth-order valence-electron chi connectivity index (χ4n) is 2.25. The largest absolute Gasteiger partial charge is 0.323 e. The zero-order chi connectivity index (χ0) is 9.97. The van der Waals surface area contributed by atoms with Crippen LogP contribution in [0.3, 0.4) is 0 Å². The van der Waals surface area contributed by atoms with Gasteiger partial charge in [-0.1, -0.05) is 19.3 Å². The summed E-state index contributed by atoms with van der Waals surface area (Å²) in [7, 11) is 0. The summed E-state index contributed by atoms with van der Waals surface area (Å²) in [6, 6.07) is 2.35. The fraction of sp³-hybridized carbons (Fsp3) is 0.636. The predicted octanol–water partition coefficient (Wildman–Crippen LogP) is 4.09. The molecule has 1 aromatic rings. The number of hydrogen-bond donors (Lipinski definition) is 1. The lowest BCUT2D eigenvalue weighted by Crippen LogP contribution is -2.22. The molecule has 0 saturated heterocycles. The smallest absolute Gasteiger partial charge is 0.0429 e. The SMILES string of the molecule is N[C@H](c1sccc1Br)C1CCCCC1. The number of hydrogen-bond acceptors (Lipinski definition) is 2. The summed E-state index contributed by atoms with van der Waals surface area (Å²) in [5.74, 6) is 0.707. The van der Waals surface area contributed by atoms with Crippen molar-refractivity contribution in [2.24, 2.45) is 11.7 Å². The zero-order valence-corrected chi connectivity index (χ0v) is 10.6. The van der Waals surface area contributed by atoms with Crippen LogP contribution in [0.4, 0.5) is 0 Å². The van der Waals surface area contributed by atoms with Crippen molar-refractivity contribution < 1.29 is 0 Å². The predicted molar refractivity (Wildman–Crippen MR) is 65.5 cm³/mol. The van der Waals surface area contributed by atoms with Crippen LogP contribution in [-0.2, 0) is 0 Å². The average Bonchev–Trinajstić information content (AvgIpc) is 2.65. The van der Waals surface area contributed by atoms with Crippen LogP contribution < -0.4 is 5.73 Å². The summed E-state index contributed by atoms with van der Waals surface area (Å²) in [5, 5.41) is 2.11. The van der Waals surface area contributed by atoms with Crippen molar-refractivity contribution in [1.82, 2.24) is 0 Å². The maximum Gasteiger partial charge on any atom is 0.0429 e. The summed E-state index contributed by atoms with van der Waals surface area (Å²) in [6.45, 7) is 0. The molecule has 2 rings (SSSR count). The molecule has 3 heteroatoms. The van der Waals surface area contributed by atoms with Gasteiger partial charge in [0.15, 0.2) is 0 Å². The minimum absolute atomic E-state index is 0.254. The van der Waals surface area contributed by atoms with Gasteiger partial charge in [-0.05, 0) is 46.1 Å². The third kappa shape index (κ3) is 2.20. The highest BCUT2D eigenvalue weighted by atomic mass is 79.9. The molecule has 2 N–H and O–H groups in total. The van der Waals surface area contributed by atoms with E-state index in [4.69, 9.17) is 5.73 Å². The van der Waals surface area contributed by atoms with Crippen molar-refractivity contribution in [3.8, 4) is 0 Å². The van der Waals surface area contributed by atoms with E-state index >= 15 is 0 Å². The van der Waals surface area contributed by atoms with Crippen molar-refractivity contribution in [2.75, 3.05) is 0 Å². The minimum Gasteiger partial charge on any atom is -0.323 e. The number of thiophene rings is 1. The first-order valence-electron chi connectivity index (χ1n) is 5.27. The van der Waals surface area contributed by atoms with Gasteiger partial charge in [0.2, 0.25) is 0 Å². The van der Waals surface area contributed by atoms with Crippen LogP contribution in [0.25, 0.3) is 0 Å². The molecule has 0 spiro atoms. The van der Waals surface area contributed by atoms with Crippen LogP contribution in [0.1, 0.15) is 43.0 Å². The van der Waals surface area contributed by atoms with Gasteiger partial charge in [0.1, 0.15) is 0 Å². The Labute approximate surface area is 97.8 Å². The molecule has 0 aromatic carbocycles. The molecule has 0 aliphatic heterocycles. The molecular weight excluding hydrogens is 258 g/mol. The Morgan fingerprint density at radius 3 is 2.64 bits per heavy atom. The number of halogens is 1. The van der Waals surface area contributed by atoms with Gasteiger partial charge >= 0.3 is 0 Å². The van der Waals surface area contributed by atoms with E-state index in [0.29, 0.717) is 5.92 Å². The van der Waals surface area contributed by atoms with Crippen LogP contribution in [0, 0.1) is 5.92 Å². The third-order valence-corrected chi connectivity index (χ3v) is 5.08. The van der Waals surface area contributed by atoms with Gasteiger partial charge in [0.25, 0.3) is 0 Å². The molecule has 1 heterocycles. The van der Waals surface area contributed by atoms with Gasteiger partial charge in [0, 0.05) is 15.4 Å². The zero-order valence-electron chi connectivity index (χ0n) is 8.21. The molecule has 1 nitrogen and oxygen atoms in total. The Morgan fingerprint density at radius 1 is 1.36 bits per heavy atom. The Hall–Kier alpha value is 0.140. The molecule has 1 atom stereocenters. The van der Waals surface area contributed by atoms with E-state index in [1.165, 1.54) is 41.5 Å². The van der Waals surface area contributed by atoms with E-state index in [0.717, 1.165) is 0 Å². The molecule has 0 amide bonds. The van der Waals surface area contributed by atoms with Crippen molar-refractivity contribution >= 4 is 27.3 Å². The van der Waals surface area contributed by atoms with Gasteiger partial charge in [-0.2, -0.15) is 0 Å². The summed E-state index contributed by atoms with van der Waals surface area (Å²) in [4.78, 5) is 1.33. The van der Waals surface area contributed by atoms with Crippen molar-refractivity contribution in [3.63, 3.8) is 0 Å². The molecule has 1 aliphatic carbocycles. The summed E-state index contributed by atoms with van der Waals surface area (Å²) in [5.41, 5.74) is 6.30. The first kappa shape index (κ1) is 10.7. The van der Waals surface area contributed by atoms with Crippen molar-refractivity contribution in [2.45, 2.75) is 38.1 Å². The van der Waals surface area contributed by atoms with Crippen molar-refractivity contribution in [3.05, 3.63) is 20.8 Å². The van der Waals surface area contributed by atoms with Gasteiger partial charge < -0.3 is 5.73 Å². The van der Waals surface area contributed by atoms with Crippen LogP contribution >= 0.6 is 27.3 Å². The second-order valence-electron chi connectivity index (χ2n) is 4.06. The molecule has 0 radical (unpaired) electrons.